The minimum absolute atomic E-state index is 0.0985. The van der Waals surface area contributed by atoms with Crippen molar-refractivity contribution in [3.05, 3.63) is 53.8 Å². The highest BCUT2D eigenvalue weighted by Crippen LogP contribution is 2.41. The highest BCUT2D eigenvalue weighted by Gasteiger charge is 2.31. The molecule has 0 saturated heterocycles. The van der Waals surface area contributed by atoms with Gasteiger partial charge in [-0.05, 0) is 48.6 Å². The maximum Gasteiger partial charge on any atom is 0.230 e. The first kappa shape index (κ1) is 23.7. The largest absolute Gasteiger partial charge is 0.490 e. The molecule has 1 unspecified atom stereocenters. The van der Waals surface area contributed by atoms with Gasteiger partial charge in [0.1, 0.15) is 5.82 Å². The summed E-state index contributed by atoms with van der Waals surface area (Å²) in [5.41, 5.74) is 1.41. The lowest BCUT2D eigenvalue weighted by atomic mass is 9.95. The van der Waals surface area contributed by atoms with Crippen molar-refractivity contribution in [2.75, 3.05) is 19.0 Å². The number of benzene rings is 2. The van der Waals surface area contributed by atoms with Crippen molar-refractivity contribution in [2.24, 2.45) is 5.92 Å². The average molecular weight is 497 g/mol. The lowest BCUT2D eigenvalue weighted by Crippen LogP contribution is -2.33. The average Bonchev–Trinajstić information content (AvgIpc) is 3.64. The molecule has 1 saturated carbocycles. The molecule has 9 heteroatoms. The van der Waals surface area contributed by atoms with E-state index in [1.54, 1.807) is 18.2 Å². The Balaban J connectivity index is 1.29. The third kappa shape index (κ3) is 5.29. The fourth-order valence-corrected chi connectivity index (χ4v) is 5.03. The van der Waals surface area contributed by atoms with Crippen molar-refractivity contribution in [1.29, 1.82) is 0 Å². The summed E-state index contributed by atoms with van der Waals surface area (Å²) in [5.74, 6) is 1.91. The first-order valence-electron chi connectivity index (χ1n) is 12.0. The summed E-state index contributed by atoms with van der Waals surface area (Å²) < 4.78 is 27.9. The SMILES string of the molecule is CC(C)C(NC(=O)CSc1nnc(-c2ccccc2F)n1C1CC1)c1ccc2c(c1)OCCCO2. The third-order valence-electron chi connectivity index (χ3n) is 6.14. The zero-order valence-electron chi connectivity index (χ0n) is 19.9. The van der Waals surface area contributed by atoms with E-state index in [-0.39, 0.29) is 35.5 Å². The van der Waals surface area contributed by atoms with E-state index in [0.717, 1.165) is 30.6 Å². The maximum atomic E-state index is 14.4. The number of rotatable bonds is 8. The number of fused-ring (bicyclic) bond motifs is 1. The van der Waals surface area contributed by atoms with E-state index < -0.39 is 0 Å². The second-order valence-corrected chi connectivity index (χ2v) is 10.2. The van der Waals surface area contributed by atoms with E-state index in [1.165, 1.54) is 17.8 Å². The smallest absolute Gasteiger partial charge is 0.230 e. The van der Waals surface area contributed by atoms with E-state index in [0.29, 0.717) is 35.5 Å². The predicted molar refractivity (Wildman–Crippen MR) is 132 cm³/mol. The molecule has 0 bridgehead atoms. The second-order valence-electron chi connectivity index (χ2n) is 9.22. The van der Waals surface area contributed by atoms with Crippen LogP contribution < -0.4 is 14.8 Å². The molecule has 2 aromatic carbocycles. The summed E-state index contributed by atoms with van der Waals surface area (Å²) in [6.07, 6.45) is 2.84. The molecule has 1 aliphatic carbocycles. The number of halogens is 1. The van der Waals surface area contributed by atoms with Gasteiger partial charge >= 0.3 is 0 Å². The molecule has 3 aromatic rings. The molecule has 1 amide bonds. The van der Waals surface area contributed by atoms with Crippen LogP contribution in [0.3, 0.4) is 0 Å². The first-order chi connectivity index (χ1) is 17.0. The molecule has 35 heavy (non-hydrogen) atoms. The van der Waals surface area contributed by atoms with Gasteiger partial charge in [0.2, 0.25) is 5.91 Å². The topological polar surface area (TPSA) is 78.3 Å². The Morgan fingerprint density at radius 1 is 1.14 bits per heavy atom. The van der Waals surface area contributed by atoms with Crippen molar-refractivity contribution in [3.63, 3.8) is 0 Å². The van der Waals surface area contributed by atoms with E-state index >= 15 is 0 Å². The molecule has 1 N–H and O–H groups in total. The third-order valence-corrected chi connectivity index (χ3v) is 7.08. The van der Waals surface area contributed by atoms with Gasteiger partial charge in [-0.1, -0.05) is 43.8 Å². The first-order valence-corrected chi connectivity index (χ1v) is 13.0. The summed E-state index contributed by atoms with van der Waals surface area (Å²) in [6, 6.07) is 12.5. The zero-order chi connectivity index (χ0) is 24.4. The number of thioether (sulfide) groups is 1. The molecule has 7 nitrogen and oxygen atoms in total. The van der Waals surface area contributed by atoms with E-state index in [4.69, 9.17) is 9.47 Å². The normalized spacial score (nSPS) is 16.1. The van der Waals surface area contributed by atoms with Gasteiger partial charge in [0.05, 0.1) is 30.6 Å². The number of amides is 1. The predicted octanol–water partition coefficient (Wildman–Crippen LogP) is 5.19. The minimum atomic E-state index is -0.328. The zero-order valence-corrected chi connectivity index (χ0v) is 20.7. The van der Waals surface area contributed by atoms with Crippen molar-refractivity contribution < 1.29 is 18.7 Å². The Labute approximate surface area is 208 Å². The van der Waals surface area contributed by atoms with Gasteiger partial charge in [-0.15, -0.1) is 10.2 Å². The van der Waals surface area contributed by atoms with Gasteiger partial charge in [0, 0.05) is 12.5 Å². The van der Waals surface area contributed by atoms with Crippen molar-refractivity contribution in [2.45, 2.75) is 50.4 Å². The minimum Gasteiger partial charge on any atom is -0.490 e. The summed E-state index contributed by atoms with van der Waals surface area (Å²) in [7, 11) is 0. The molecule has 184 valence electrons. The number of ether oxygens (including phenoxy) is 2. The van der Waals surface area contributed by atoms with Crippen molar-refractivity contribution in [1.82, 2.24) is 20.1 Å². The highest BCUT2D eigenvalue weighted by molar-refractivity contribution is 7.99. The molecular formula is C26H29FN4O3S. The molecule has 2 aliphatic rings. The number of nitrogens with one attached hydrogen (secondary N) is 1. The van der Waals surface area contributed by atoms with Crippen LogP contribution in [0.4, 0.5) is 4.39 Å². The van der Waals surface area contributed by atoms with Crippen LogP contribution in [0, 0.1) is 11.7 Å². The summed E-state index contributed by atoms with van der Waals surface area (Å²) in [6.45, 7) is 5.40. The molecular weight excluding hydrogens is 467 g/mol. The number of hydrogen-bond donors (Lipinski definition) is 1. The van der Waals surface area contributed by atoms with Gasteiger partial charge in [-0.25, -0.2) is 4.39 Å². The summed E-state index contributed by atoms with van der Waals surface area (Å²) in [4.78, 5) is 13.0. The molecule has 1 fully saturated rings. The van der Waals surface area contributed by atoms with Crippen LogP contribution in [0.1, 0.15) is 50.8 Å². The van der Waals surface area contributed by atoms with Crippen LogP contribution in [0.15, 0.2) is 47.6 Å². The van der Waals surface area contributed by atoms with Gasteiger partial charge in [-0.3, -0.25) is 9.36 Å². The monoisotopic (exact) mass is 496 g/mol. The molecule has 1 aromatic heterocycles. The fraction of sp³-hybridized carbons (Fsp3) is 0.423. The van der Waals surface area contributed by atoms with Crippen molar-refractivity contribution in [3.8, 4) is 22.9 Å². The van der Waals surface area contributed by atoms with Crippen LogP contribution in [0.2, 0.25) is 0 Å². The van der Waals surface area contributed by atoms with Gasteiger partial charge in [0.15, 0.2) is 22.5 Å². The number of carbonyl (C=O) groups is 1. The molecule has 2 heterocycles. The summed E-state index contributed by atoms with van der Waals surface area (Å²) >= 11 is 1.33. The molecule has 5 rings (SSSR count). The molecule has 1 aliphatic heterocycles. The molecule has 0 spiro atoms. The Hall–Kier alpha value is -3.07. The second kappa shape index (κ2) is 10.3. The Bertz CT molecular complexity index is 1210. The lowest BCUT2D eigenvalue weighted by Gasteiger charge is -2.24. The van der Waals surface area contributed by atoms with Crippen LogP contribution in [-0.4, -0.2) is 39.6 Å². The van der Waals surface area contributed by atoms with E-state index in [9.17, 15) is 9.18 Å². The Morgan fingerprint density at radius 2 is 1.91 bits per heavy atom. The maximum absolute atomic E-state index is 14.4. The quantitative estimate of drug-likeness (QED) is 0.433. The van der Waals surface area contributed by atoms with Crippen molar-refractivity contribution >= 4 is 17.7 Å². The van der Waals surface area contributed by atoms with Crippen LogP contribution in [-0.2, 0) is 4.79 Å². The van der Waals surface area contributed by atoms with Gasteiger partial charge < -0.3 is 14.8 Å². The molecule has 0 radical (unpaired) electrons. The summed E-state index contributed by atoms with van der Waals surface area (Å²) in [5, 5.41) is 12.4. The Kier molecular flexibility index (Phi) is 6.95. The van der Waals surface area contributed by atoms with Crippen LogP contribution >= 0.6 is 11.8 Å². The van der Waals surface area contributed by atoms with Gasteiger partial charge in [-0.2, -0.15) is 0 Å². The van der Waals surface area contributed by atoms with Crippen LogP contribution in [0.25, 0.3) is 11.4 Å². The number of aromatic nitrogens is 3. The van der Waals surface area contributed by atoms with Crippen LogP contribution in [0.5, 0.6) is 11.5 Å². The number of hydrogen-bond acceptors (Lipinski definition) is 6. The highest BCUT2D eigenvalue weighted by atomic mass is 32.2. The standard InChI is InChI=1S/C26H29FN4O3S/c1-16(2)24(17-8-11-21-22(14-17)34-13-5-12-33-21)28-23(32)15-35-26-30-29-25(31(26)18-9-10-18)19-6-3-4-7-20(19)27/h3-4,6-8,11,14,16,18,24H,5,9-10,12-13,15H2,1-2H3,(H,28,32). The fourth-order valence-electron chi connectivity index (χ4n) is 4.22. The van der Waals surface area contributed by atoms with E-state index in [1.807, 2.05) is 22.8 Å². The molecule has 1 atom stereocenters. The lowest BCUT2D eigenvalue weighted by molar-refractivity contribution is -0.119. The van der Waals surface area contributed by atoms with E-state index in [2.05, 4.69) is 29.4 Å². The van der Waals surface area contributed by atoms with Gasteiger partial charge in [0.25, 0.3) is 0 Å². The Morgan fingerprint density at radius 3 is 2.66 bits per heavy atom. The number of carbonyl (C=O) groups excluding carboxylic acids is 1. The number of nitrogens with zero attached hydrogens (tertiary/aromatic N) is 3.